The third kappa shape index (κ3) is 2.62. The molecule has 0 radical (unpaired) electrons. The largest absolute Gasteiger partial charge is 0.481 e. The molecule has 2 amide bonds. The summed E-state index contributed by atoms with van der Waals surface area (Å²) >= 11 is 0. The van der Waals surface area contributed by atoms with E-state index in [1.54, 1.807) is 11.8 Å². The summed E-state index contributed by atoms with van der Waals surface area (Å²) in [6.45, 7) is 12.5. The molecule has 0 unspecified atom stereocenters. The maximum atomic E-state index is 12.2. The maximum absolute atomic E-state index is 12.2. The first-order valence-corrected chi connectivity index (χ1v) is 7.78. The van der Waals surface area contributed by atoms with Crippen molar-refractivity contribution in [2.24, 2.45) is 22.2 Å². The first-order chi connectivity index (χ1) is 9.52. The van der Waals surface area contributed by atoms with E-state index in [2.05, 4.69) is 33.0 Å². The molecule has 0 aromatic rings. The lowest BCUT2D eigenvalue weighted by Crippen LogP contribution is -2.49. The zero-order valence-electron chi connectivity index (χ0n) is 13.8. The second-order valence-electron chi connectivity index (χ2n) is 8.03. The van der Waals surface area contributed by atoms with Gasteiger partial charge in [0, 0.05) is 19.6 Å². The molecule has 2 rings (SSSR count). The zero-order valence-corrected chi connectivity index (χ0v) is 13.8. The van der Waals surface area contributed by atoms with Gasteiger partial charge in [0.2, 0.25) is 0 Å². The Morgan fingerprint density at radius 3 is 1.95 bits per heavy atom. The van der Waals surface area contributed by atoms with Gasteiger partial charge in [0.25, 0.3) is 0 Å². The third-order valence-corrected chi connectivity index (χ3v) is 6.45. The Balaban J connectivity index is 1.80. The van der Waals surface area contributed by atoms with Crippen LogP contribution in [0.5, 0.6) is 0 Å². The van der Waals surface area contributed by atoms with Crippen molar-refractivity contribution < 1.29 is 14.7 Å². The number of hydrogen-bond donors (Lipinski definition) is 2. The third-order valence-electron chi connectivity index (χ3n) is 6.45. The molecular weight excluding hydrogens is 268 g/mol. The Kier molecular flexibility index (Phi) is 3.75. The lowest BCUT2D eigenvalue weighted by atomic mass is 9.80. The lowest BCUT2D eigenvalue weighted by Gasteiger charge is -2.36. The average Bonchev–Trinajstić information content (AvgIpc) is 2.77. The van der Waals surface area contributed by atoms with Crippen LogP contribution in [0.15, 0.2) is 0 Å². The van der Waals surface area contributed by atoms with Gasteiger partial charge >= 0.3 is 12.0 Å². The number of likely N-dealkylation sites (tertiary alicyclic amines) is 1. The summed E-state index contributed by atoms with van der Waals surface area (Å²) in [6, 6.07) is -0.0547. The van der Waals surface area contributed by atoms with E-state index in [4.69, 9.17) is 0 Å². The lowest BCUT2D eigenvalue weighted by molar-refractivity contribution is -0.150. The van der Waals surface area contributed by atoms with Crippen LogP contribution in [0.1, 0.15) is 47.5 Å². The van der Waals surface area contributed by atoms with Crippen LogP contribution in [0, 0.1) is 22.2 Å². The number of carbonyl (C=O) groups excluding carboxylic acids is 1. The SMILES string of the molecule is CC1(C(=O)O)CCN(C(=O)NCC2C(C)(C)C2(C)C)CC1. The molecule has 0 spiro atoms. The van der Waals surface area contributed by atoms with Gasteiger partial charge < -0.3 is 15.3 Å². The van der Waals surface area contributed by atoms with Gasteiger partial charge in [-0.05, 0) is 36.5 Å². The molecule has 21 heavy (non-hydrogen) atoms. The van der Waals surface area contributed by atoms with Crippen LogP contribution in [-0.2, 0) is 4.79 Å². The first kappa shape index (κ1) is 16.1. The van der Waals surface area contributed by atoms with Gasteiger partial charge in [-0.3, -0.25) is 4.79 Å². The van der Waals surface area contributed by atoms with Crippen molar-refractivity contribution >= 4 is 12.0 Å². The summed E-state index contributed by atoms with van der Waals surface area (Å²) < 4.78 is 0. The van der Waals surface area contributed by atoms with E-state index in [1.807, 2.05) is 0 Å². The highest BCUT2D eigenvalue weighted by Crippen LogP contribution is 2.67. The Labute approximate surface area is 127 Å². The quantitative estimate of drug-likeness (QED) is 0.841. The van der Waals surface area contributed by atoms with E-state index in [-0.39, 0.29) is 16.9 Å². The van der Waals surface area contributed by atoms with Gasteiger partial charge in [-0.2, -0.15) is 0 Å². The molecular formula is C16H28N2O3. The molecule has 5 heteroatoms. The maximum Gasteiger partial charge on any atom is 0.317 e. The van der Waals surface area contributed by atoms with Crippen LogP contribution in [0.4, 0.5) is 4.79 Å². The number of carboxylic acid groups (broad SMARTS) is 1. The fraction of sp³-hybridized carbons (Fsp3) is 0.875. The van der Waals surface area contributed by atoms with Crippen molar-refractivity contribution in [2.75, 3.05) is 19.6 Å². The zero-order chi connectivity index (χ0) is 16.1. The Morgan fingerprint density at radius 2 is 1.57 bits per heavy atom. The molecule has 1 heterocycles. The fourth-order valence-electron chi connectivity index (χ4n) is 3.56. The standard InChI is InChI=1S/C16H28N2O3/c1-14(2)11(15(14,3)4)10-17-13(21)18-8-6-16(5,7-9-18)12(19)20/h11H,6-10H2,1-5H3,(H,17,21)(H,19,20). The highest BCUT2D eigenvalue weighted by molar-refractivity contribution is 5.77. The number of carboxylic acids is 1. The van der Waals surface area contributed by atoms with E-state index in [0.29, 0.717) is 38.4 Å². The van der Waals surface area contributed by atoms with Crippen molar-refractivity contribution in [3.05, 3.63) is 0 Å². The van der Waals surface area contributed by atoms with Crippen molar-refractivity contribution in [3.8, 4) is 0 Å². The van der Waals surface area contributed by atoms with E-state index < -0.39 is 11.4 Å². The minimum Gasteiger partial charge on any atom is -0.481 e. The molecule has 0 aromatic heterocycles. The van der Waals surface area contributed by atoms with Gasteiger partial charge in [-0.15, -0.1) is 0 Å². The van der Waals surface area contributed by atoms with Crippen molar-refractivity contribution in [2.45, 2.75) is 47.5 Å². The molecule has 0 aromatic carbocycles. The number of urea groups is 1. The van der Waals surface area contributed by atoms with Gasteiger partial charge in [0.15, 0.2) is 0 Å². The normalized spacial score (nSPS) is 26.2. The van der Waals surface area contributed by atoms with E-state index in [1.165, 1.54) is 0 Å². The first-order valence-electron chi connectivity index (χ1n) is 7.78. The number of hydrogen-bond acceptors (Lipinski definition) is 2. The Morgan fingerprint density at radius 1 is 1.10 bits per heavy atom. The Bertz CT molecular complexity index is 434. The molecule has 120 valence electrons. The number of carbonyl (C=O) groups is 2. The highest BCUT2D eigenvalue weighted by Gasteiger charge is 2.64. The molecule has 0 bridgehead atoms. The topological polar surface area (TPSA) is 69.6 Å². The summed E-state index contributed by atoms with van der Waals surface area (Å²) in [5, 5.41) is 12.2. The fourth-order valence-corrected chi connectivity index (χ4v) is 3.56. The van der Waals surface area contributed by atoms with Crippen LogP contribution >= 0.6 is 0 Å². The molecule has 1 saturated heterocycles. The smallest absolute Gasteiger partial charge is 0.317 e. The van der Waals surface area contributed by atoms with Crippen LogP contribution in [0.3, 0.4) is 0 Å². The number of nitrogens with zero attached hydrogens (tertiary/aromatic N) is 1. The molecule has 2 fully saturated rings. The molecule has 1 aliphatic carbocycles. The molecule has 1 aliphatic heterocycles. The van der Waals surface area contributed by atoms with E-state index >= 15 is 0 Å². The predicted molar refractivity (Wildman–Crippen MR) is 81.0 cm³/mol. The number of aliphatic carboxylic acids is 1. The van der Waals surface area contributed by atoms with Gasteiger partial charge in [0.05, 0.1) is 5.41 Å². The molecule has 5 nitrogen and oxygen atoms in total. The summed E-state index contributed by atoms with van der Waals surface area (Å²) in [6.07, 6.45) is 1.05. The number of rotatable bonds is 3. The summed E-state index contributed by atoms with van der Waals surface area (Å²) in [5.74, 6) is -0.257. The minimum absolute atomic E-state index is 0.0547. The van der Waals surface area contributed by atoms with Crippen molar-refractivity contribution in [1.82, 2.24) is 10.2 Å². The van der Waals surface area contributed by atoms with Crippen LogP contribution in [0.25, 0.3) is 0 Å². The monoisotopic (exact) mass is 296 g/mol. The minimum atomic E-state index is -0.760. The second-order valence-corrected chi connectivity index (χ2v) is 8.03. The number of nitrogens with one attached hydrogen (secondary N) is 1. The van der Waals surface area contributed by atoms with Gasteiger partial charge in [-0.1, -0.05) is 27.7 Å². The number of amides is 2. The van der Waals surface area contributed by atoms with Crippen LogP contribution in [-0.4, -0.2) is 41.6 Å². The molecule has 2 aliphatic rings. The van der Waals surface area contributed by atoms with Crippen LogP contribution in [0.2, 0.25) is 0 Å². The van der Waals surface area contributed by atoms with E-state index in [9.17, 15) is 14.7 Å². The predicted octanol–water partition coefficient (Wildman–Crippen LogP) is 2.56. The molecule has 2 N–H and O–H groups in total. The molecule has 1 saturated carbocycles. The highest BCUT2D eigenvalue weighted by atomic mass is 16.4. The Hall–Kier alpha value is -1.26. The van der Waals surface area contributed by atoms with E-state index in [0.717, 1.165) is 0 Å². The summed E-state index contributed by atoms with van der Waals surface area (Å²) in [5.41, 5.74) is -0.147. The average molecular weight is 296 g/mol. The van der Waals surface area contributed by atoms with Crippen molar-refractivity contribution in [1.29, 1.82) is 0 Å². The van der Waals surface area contributed by atoms with Gasteiger partial charge in [-0.25, -0.2) is 4.79 Å². The van der Waals surface area contributed by atoms with Crippen LogP contribution < -0.4 is 5.32 Å². The summed E-state index contributed by atoms with van der Waals surface area (Å²) in [4.78, 5) is 25.1. The van der Waals surface area contributed by atoms with Crippen molar-refractivity contribution in [3.63, 3.8) is 0 Å². The summed E-state index contributed by atoms with van der Waals surface area (Å²) in [7, 11) is 0. The molecule has 0 atom stereocenters. The number of piperidine rings is 1. The second kappa shape index (κ2) is 4.89. The van der Waals surface area contributed by atoms with Gasteiger partial charge in [0.1, 0.15) is 0 Å².